The van der Waals surface area contributed by atoms with Crippen molar-refractivity contribution >= 4 is 11.0 Å². The molecule has 0 spiro atoms. The van der Waals surface area contributed by atoms with Crippen molar-refractivity contribution in [2.75, 3.05) is 6.61 Å². The summed E-state index contributed by atoms with van der Waals surface area (Å²) in [6.45, 7) is 5.43. The van der Waals surface area contributed by atoms with Gasteiger partial charge in [-0.05, 0) is 25.5 Å². The van der Waals surface area contributed by atoms with E-state index in [9.17, 15) is 4.79 Å². The third-order valence-electron chi connectivity index (χ3n) is 4.53. The van der Waals surface area contributed by atoms with Crippen molar-refractivity contribution in [3.05, 3.63) is 69.8 Å². The van der Waals surface area contributed by atoms with Crippen LogP contribution in [0.2, 0.25) is 0 Å². The summed E-state index contributed by atoms with van der Waals surface area (Å²) < 4.78 is 13.5. The molecular formula is C19H18INO3. The first kappa shape index (κ1) is 17.0. The third-order valence-corrected chi connectivity index (χ3v) is 4.53. The second-order valence-corrected chi connectivity index (χ2v) is 6.13. The maximum absolute atomic E-state index is 11.7. The van der Waals surface area contributed by atoms with Crippen molar-refractivity contribution in [3.8, 4) is 5.75 Å². The van der Waals surface area contributed by atoms with E-state index in [0.717, 1.165) is 28.8 Å². The standard InChI is InChI=1S/C19H18NO3.HI/c1-12-8-17(21)23-19-13(2)18-16(9-15(12)19)14(11-22-18)10-20-6-4-3-5-7-20;/h3-9,14H,10-11H2,1-2H3;1H/q+1;/p-1. The van der Waals surface area contributed by atoms with Gasteiger partial charge in [0.25, 0.3) is 0 Å². The van der Waals surface area contributed by atoms with Gasteiger partial charge in [-0.3, -0.25) is 0 Å². The molecule has 0 amide bonds. The van der Waals surface area contributed by atoms with Crippen LogP contribution in [0.4, 0.5) is 0 Å². The molecule has 0 bridgehead atoms. The number of nitrogens with zero attached hydrogens (tertiary/aromatic N) is 1. The highest BCUT2D eigenvalue weighted by Crippen LogP contribution is 2.41. The molecule has 0 saturated heterocycles. The molecule has 0 saturated carbocycles. The van der Waals surface area contributed by atoms with Crippen LogP contribution < -0.4 is 38.9 Å². The molecule has 1 atom stereocenters. The lowest BCUT2D eigenvalue weighted by atomic mass is 9.95. The number of halogens is 1. The molecule has 1 unspecified atom stereocenters. The van der Waals surface area contributed by atoms with Crippen molar-refractivity contribution < 1.29 is 37.7 Å². The molecule has 4 nitrogen and oxygen atoms in total. The summed E-state index contributed by atoms with van der Waals surface area (Å²) in [4.78, 5) is 11.7. The van der Waals surface area contributed by atoms with Crippen LogP contribution >= 0.6 is 0 Å². The lowest BCUT2D eigenvalue weighted by molar-refractivity contribution is -0.699. The number of hydrogen-bond donors (Lipinski definition) is 0. The third kappa shape index (κ3) is 2.81. The van der Waals surface area contributed by atoms with Crippen LogP contribution in [0.1, 0.15) is 22.6 Å². The van der Waals surface area contributed by atoms with Gasteiger partial charge in [0, 0.05) is 34.7 Å². The van der Waals surface area contributed by atoms with Gasteiger partial charge < -0.3 is 33.1 Å². The molecule has 24 heavy (non-hydrogen) atoms. The van der Waals surface area contributed by atoms with E-state index in [4.69, 9.17) is 9.15 Å². The summed E-state index contributed by atoms with van der Waals surface area (Å²) in [6, 6.07) is 9.74. The highest BCUT2D eigenvalue weighted by Gasteiger charge is 2.30. The molecule has 3 heterocycles. The van der Waals surface area contributed by atoms with Gasteiger partial charge in [0.15, 0.2) is 18.9 Å². The summed E-state index contributed by atoms with van der Waals surface area (Å²) in [7, 11) is 0. The zero-order chi connectivity index (χ0) is 16.0. The molecule has 124 valence electrons. The Balaban J connectivity index is 0.00000169. The molecule has 0 N–H and O–H groups in total. The van der Waals surface area contributed by atoms with Gasteiger partial charge in [-0.2, -0.15) is 0 Å². The van der Waals surface area contributed by atoms with E-state index in [2.05, 4.69) is 23.0 Å². The number of fused-ring (bicyclic) bond motifs is 2. The van der Waals surface area contributed by atoms with Crippen LogP contribution in [0.5, 0.6) is 5.75 Å². The number of aryl methyl sites for hydroxylation is 2. The molecule has 3 aromatic rings. The Labute approximate surface area is 157 Å². The SMILES string of the molecule is Cc1cc(=O)oc2c(C)c3c(cc12)C(C[n+]1ccccc1)CO3.[I-]. The fourth-order valence-electron chi connectivity index (χ4n) is 3.35. The molecular weight excluding hydrogens is 417 g/mol. The molecule has 1 aromatic carbocycles. The molecule has 0 aliphatic carbocycles. The molecule has 2 aromatic heterocycles. The summed E-state index contributed by atoms with van der Waals surface area (Å²) in [5.74, 6) is 1.17. The Morgan fingerprint density at radius 3 is 2.67 bits per heavy atom. The van der Waals surface area contributed by atoms with Crippen molar-refractivity contribution in [1.82, 2.24) is 0 Å². The van der Waals surface area contributed by atoms with Crippen LogP contribution in [-0.4, -0.2) is 6.61 Å². The van der Waals surface area contributed by atoms with Crippen LogP contribution in [0.3, 0.4) is 0 Å². The predicted octanol–water partition coefficient (Wildman–Crippen LogP) is -0.122. The quantitative estimate of drug-likeness (QED) is 0.320. The van der Waals surface area contributed by atoms with Gasteiger partial charge in [-0.15, -0.1) is 0 Å². The van der Waals surface area contributed by atoms with Gasteiger partial charge in [0.2, 0.25) is 0 Å². The average Bonchev–Trinajstić information content (AvgIpc) is 2.93. The number of benzene rings is 1. The van der Waals surface area contributed by atoms with E-state index in [1.54, 1.807) is 6.07 Å². The van der Waals surface area contributed by atoms with Crippen molar-refractivity contribution in [1.29, 1.82) is 0 Å². The second-order valence-electron chi connectivity index (χ2n) is 6.13. The molecule has 1 aliphatic rings. The van der Waals surface area contributed by atoms with E-state index < -0.39 is 0 Å². The minimum absolute atomic E-state index is 0. The maximum atomic E-state index is 11.7. The second kappa shape index (κ2) is 6.55. The van der Waals surface area contributed by atoms with Crippen LogP contribution in [-0.2, 0) is 6.54 Å². The Morgan fingerprint density at radius 1 is 1.17 bits per heavy atom. The first-order valence-corrected chi connectivity index (χ1v) is 7.78. The minimum atomic E-state index is -0.313. The number of rotatable bonds is 2. The zero-order valence-electron chi connectivity index (χ0n) is 13.6. The molecule has 1 aliphatic heterocycles. The topological polar surface area (TPSA) is 43.3 Å². The highest BCUT2D eigenvalue weighted by molar-refractivity contribution is 5.86. The Kier molecular flexibility index (Phi) is 4.62. The summed E-state index contributed by atoms with van der Waals surface area (Å²) in [5.41, 5.74) is 3.39. The molecule has 0 fully saturated rings. The van der Waals surface area contributed by atoms with Crippen LogP contribution in [0, 0.1) is 13.8 Å². The predicted molar refractivity (Wildman–Crippen MR) is 86.8 cm³/mol. The first-order chi connectivity index (χ1) is 11.1. The Bertz CT molecular complexity index is 950. The molecule has 4 rings (SSSR count). The van der Waals surface area contributed by atoms with Gasteiger partial charge >= 0.3 is 5.63 Å². The number of ether oxygens (including phenoxy) is 1. The van der Waals surface area contributed by atoms with Crippen LogP contribution in [0.25, 0.3) is 11.0 Å². The van der Waals surface area contributed by atoms with Crippen LogP contribution in [0.15, 0.2) is 51.9 Å². The van der Waals surface area contributed by atoms with Gasteiger partial charge in [-0.1, -0.05) is 6.07 Å². The van der Waals surface area contributed by atoms with E-state index in [-0.39, 0.29) is 29.6 Å². The normalized spacial score (nSPS) is 15.7. The zero-order valence-corrected chi connectivity index (χ0v) is 15.7. The summed E-state index contributed by atoms with van der Waals surface area (Å²) in [5, 5.41) is 0.995. The van der Waals surface area contributed by atoms with Crippen molar-refractivity contribution in [2.24, 2.45) is 0 Å². The minimum Gasteiger partial charge on any atom is -1.00 e. The van der Waals surface area contributed by atoms with E-state index in [1.807, 2.05) is 32.0 Å². The summed E-state index contributed by atoms with van der Waals surface area (Å²) in [6.07, 6.45) is 4.13. The van der Waals surface area contributed by atoms with Gasteiger partial charge in [0.05, 0.1) is 5.92 Å². The number of pyridine rings is 1. The molecule has 0 radical (unpaired) electrons. The average molecular weight is 435 g/mol. The number of hydrogen-bond acceptors (Lipinski definition) is 3. The maximum Gasteiger partial charge on any atom is 0.336 e. The fourth-order valence-corrected chi connectivity index (χ4v) is 3.35. The highest BCUT2D eigenvalue weighted by atomic mass is 127. The van der Waals surface area contributed by atoms with E-state index in [0.29, 0.717) is 18.1 Å². The smallest absolute Gasteiger partial charge is 0.336 e. The van der Waals surface area contributed by atoms with Gasteiger partial charge in [0.1, 0.15) is 17.9 Å². The lowest BCUT2D eigenvalue weighted by Crippen LogP contribution is -3.00. The summed E-state index contributed by atoms with van der Waals surface area (Å²) >= 11 is 0. The Hall–Kier alpha value is -1.89. The van der Waals surface area contributed by atoms with Gasteiger partial charge in [-0.25, -0.2) is 9.36 Å². The number of aromatic nitrogens is 1. The fraction of sp³-hybridized carbons (Fsp3) is 0.263. The lowest BCUT2D eigenvalue weighted by Gasteiger charge is -2.10. The molecule has 5 heteroatoms. The van der Waals surface area contributed by atoms with Crippen molar-refractivity contribution in [3.63, 3.8) is 0 Å². The first-order valence-electron chi connectivity index (χ1n) is 7.78. The van der Waals surface area contributed by atoms with Crippen molar-refractivity contribution in [2.45, 2.75) is 26.3 Å². The Morgan fingerprint density at radius 2 is 1.92 bits per heavy atom. The largest absolute Gasteiger partial charge is 1.00 e. The van der Waals surface area contributed by atoms with E-state index in [1.165, 1.54) is 5.56 Å². The monoisotopic (exact) mass is 435 g/mol. The van der Waals surface area contributed by atoms with E-state index >= 15 is 0 Å².